The summed E-state index contributed by atoms with van der Waals surface area (Å²) in [6.45, 7) is 6.22. The van der Waals surface area contributed by atoms with Crippen LogP contribution in [0.2, 0.25) is 0 Å². The summed E-state index contributed by atoms with van der Waals surface area (Å²) in [5.41, 5.74) is 2.27. The number of sulfonamides is 1. The molecule has 0 saturated heterocycles. The van der Waals surface area contributed by atoms with Gasteiger partial charge in [0.05, 0.1) is 4.90 Å². The molecule has 2 aromatic carbocycles. The zero-order valence-corrected chi connectivity index (χ0v) is 17.0. The lowest BCUT2D eigenvalue weighted by Crippen LogP contribution is -2.88. The van der Waals surface area contributed by atoms with Gasteiger partial charge in [-0.3, -0.25) is 4.79 Å². The van der Waals surface area contributed by atoms with E-state index in [9.17, 15) is 13.2 Å². The summed E-state index contributed by atoms with van der Waals surface area (Å²) >= 11 is 0. The molecular formula is C20H28N3O3S+. The lowest BCUT2D eigenvalue weighted by molar-refractivity contribution is -0.692. The van der Waals surface area contributed by atoms with E-state index in [0.717, 1.165) is 0 Å². The minimum atomic E-state index is -3.57. The number of carbonyl (C=O) groups is 1. The summed E-state index contributed by atoms with van der Waals surface area (Å²) in [7, 11) is -2.20. The van der Waals surface area contributed by atoms with Gasteiger partial charge in [-0.2, -0.15) is 0 Å². The van der Waals surface area contributed by atoms with Crippen molar-refractivity contribution in [3.63, 3.8) is 0 Å². The smallest absolute Gasteiger partial charge is 0.279 e. The number of nitrogens with one attached hydrogen (secondary N) is 2. The van der Waals surface area contributed by atoms with Crippen LogP contribution in [0, 0.1) is 12.8 Å². The maximum absolute atomic E-state index is 12.4. The highest BCUT2D eigenvalue weighted by Gasteiger charge is 2.21. The zero-order valence-electron chi connectivity index (χ0n) is 16.2. The fraction of sp³-hybridized carbons (Fsp3) is 0.350. The fourth-order valence-electron chi connectivity index (χ4n) is 2.99. The van der Waals surface area contributed by atoms with Crippen molar-refractivity contribution in [2.75, 3.05) is 18.9 Å². The van der Waals surface area contributed by atoms with Gasteiger partial charge in [0.15, 0.2) is 6.54 Å². The van der Waals surface area contributed by atoms with E-state index in [4.69, 9.17) is 0 Å². The summed E-state index contributed by atoms with van der Waals surface area (Å²) in [6, 6.07) is 15.1. The Morgan fingerprint density at radius 2 is 1.78 bits per heavy atom. The van der Waals surface area contributed by atoms with Crippen LogP contribution in [0.25, 0.3) is 0 Å². The normalized spacial score (nSPS) is 12.8. The second-order valence-electron chi connectivity index (χ2n) is 6.86. The molecular weight excluding hydrogens is 362 g/mol. The average molecular weight is 391 g/mol. The largest absolute Gasteiger partial charge is 0.332 e. The molecule has 0 aliphatic rings. The number of hydrogen-bond donors (Lipinski definition) is 3. The van der Waals surface area contributed by atoms with E-state index in [2.05, 4.69) is 36.0 Å². The van der Waals surface area contributed by atoms with Crippen LogP contribution in [0.4, 0.5) is 5.69 Å². The van der Waals surface area contributed by atoms with Gasteiger partial charge in [0, 0.05) is 17.2 Å². The number of anilines is 1. The first kappa shape index (κ1) is 21.1. The van der Waals surface area contributed by atoms with Crippen LogP contribution >= 0.6 is 0 Å². The highest BCUT2D eigenvalue weighted by molar-refractivity contribution is 7.89. The van der Waals surface area contributed by atoms with E-state index < -0.39 is 10.0 Å². The quantitative estimate of drug-likeness (QED) is 0.642. The number of rotatable bonds is 8. The maximum atomic E-state index is 12.4. The summed E-state index contributed by atoms with van der Waals surface area (Å²) in [6.07, 6.45) is 0. The molecule has 27 heavy (non-hydrogen) atoms. The first-order valence-electron chi connectivity index (χ1n) is 8.97. The van der Waals surface area contributed by atoms with E-state index in [0.29, 0.717) is 17.2 Å². The van der Waals surface area contributed by atoms with Crippen molar-refractivity contribution in [1.82, 2.24) is 4.72 Å². The SMILES string of the molecule is CNS(=O)(=O)c1cc(NC(=O)C[NH2+][C@H](c2ccccc2)C(C)C)ccc1C. The molecule has 2 rings (SSSR count). The number of benzene rings is 2. The van der Waals surface area contributed by atoms with Crippen molar-refractivity contribution in [3.8, 4) is 0 Å². The van der Waals surface area contributed by atoms with E-state index in [1.807, 2.05) is 23.5 Å². The van der Waals surface area contributed by atoms with Crippen LogP contribution in [0.1, 0.15) is 31.0 Å². The third-order valence-electron chi connectivity index (χ3n) is 4.49. The number of quaternary nitrogens is 1. The monoisotopic (exact) mass is 390 g/mol. The van der Waals surface area contributed by atoms with Crippen LogP contribution in [-0.2, 0) is 14.8 Å². The van der Waals surface area contributed by atoms with Crippen LogP contribution in [0.5, 0.6) is 0 Å². The molecule has 1 atom stereocenters. The molecule has 6 nitrogen and oxygen atoms in total. The number of nitrogens with two attached hydrogens (primary N) is 1. The molecule has 4 N–H and O–H groups in total. The third kappa shape index (κ3) is 5.63. The van der Waals surface area contributed by atoms with Gasteiger partial charge in [0.1, 0.15) is 6.04 Å². The molecule has 0 fully saturated rings. The summed E-state index contributed by atoms with van der Waals surface area (Å²) in [5.74, 6) is 0.195. The molecule has 0 spiro atoms. The number of aryl methyl sites for hydroxylation is 1. The lowest BCUT2D eigenvalue weighted by Gasteiger charge is -2.19. The van der Waals surface area contributed by atoms with Gasteiger partial charge >= 0.3 is 0 Å². The zero-order chi connectivity index (χ0) is 20.0. The van der Waals surface area contributed by atoms with Gasteiger partial charge in [-0.05, 0) is 31.7 Å². The lowest BCUT2D eigenvalue weighted by atomic mass is 9.96. The first-order chi connectivity index (χ1) is 12.7. The van der Waals surface area contributed by atoms with E-state index >= 15 is 0 Å². The molecule has 7 heteroatoms. The van der Waals surface area contributed by atoms with Gasteiger partial charge < -0.3 is 10.6 Å². The Morgan fingerprint density at radius 1 is 1.11 bits per heavy atom. The summed E-state index contributed by atoms with van der Waals surface area (Å²) in [5, 5.41) is 4.80. The topological polar surface area (TPSA) is 91.9 Å². The van der Waals surface area contributed by atoms with Crippen LogP contribution in [0.15, 0.2) is 53.4 Å². The van der Waals surface area contributed by atoms with Crippen LogP contribution in [-0.4, -0.2) is 27.9 Å². The van der Waals surface area contributed by atoms with Crippen LogP contribution in [0.3, 0.4) is 0 Å². The standard InChI is InChI=1S/C20H27N3O3S/c1-14(2)20(16-8-6-5-7-9-16)22-13-19(24)23-17-11-10-15(3)18(12-17)27(25,26)21-4/h5-12,14,20-22H,13H2,1-4H3,(H,23,24)/p+1/t20-/m0/s1. The predicted molar refractivity (Wildman–Crippen MR) is 107 cm³/mol. The molecule has 0 aliphatic heterocycles. The predicted octanol–water partition coefficient (Wildman–Crippen LogP) is 1.80. The molecule has 0 aliphatic carbocycles. The van der Waals surface area contributed by atoms with Crippen molar-refractivity contribution in [2.45, 2.75) is 31.7 Å². The molecule has 0 bridgehead atoms. The van der Waals surface area contributed by atoms with E-state index in [1.165, 1.54) is 18.7 Å². The second kappa shape index (κ2) is 9.12. The molecule has 0 radical (unpaired) electrons. The molecule has 146 valence electrons. The van der Waals surface area contributed by atoms with E-state index in [1.54, 1.807) is 19.1 Å². The summed E-state index contributed by atoms with van der Waals surface area (Å²) in [4.78, 5) is 12.5. The maximum Gasteiger partial charge on any atom is 0.279 e. The second-order valence-corrected chi connectivity index (χ2v) is 8.71. The average Bonchev–Trinajstić information content (AvgIpc) is 2.64. The van der Waals surface area contributed by atoms with Gasteiger partial charge in [-0.1, -0.05) is 50.2 Å². The fourth-order valence-corrected chi connectivity index (χ4v) is 3.99. The highest BCUT2D eigenvalue weighted by Crippen LogP contribution is 2.20. The Bertz CT molecular complexity index is 881. The van der Waals surface area contributed by atoms with Crippen molar-refractivity contribution < 1.29 is 18.5 Å². The van der Waals surface area contributed by atoms with Crippen molar-refractivity contribution >= 4 is 21.6 Å². The summed E-state index contributed by atoms with van der Waals surface area (Å²) < 4.78 is 26.5. The Morgan fingerprint density at radius 3 is 2.37 bits per heavy atom. The Kier molecular flexibility index (Phi) is 7.12. The molecule has 2 aromatic rings. The Balaban J connectivity index is 2.06. The van der Waals surface area contributed by atoms with Gasteiger partial charge in [-0.15, -0.1) is 0 Å². The molecule has 0 heterocycles. The Labute approximate surface area is 161 Å². The first-order valence-corrected chi connectivity index (χ1v) is 10.4. The third-order valence-corrected chi connectivity index (χ3v) is 6.05. The number of hydrogen-bond acceptors (Lipinski definition) is 3. The van der Waals surface area contributed by atoms with Crippen molar-refractivity contribution in [3.05, 3.63) is 59.7 Å². The minimum absolute atomic E-state index is 0.163. The molecule has 0 unspecified atom stereocenters. The molecule has 0 aromatic heterocycles. The molecule has 1 amide bonds. The number of carbonyl (C=O) groups excluding carboxylic acids is 1. The number of amides is 1. The van der Waals surface area contributed by atoms with Gasteiger partial charge in [-0.25, -0.2) is 13.1 Å². The van der Waals surface area contributed by atoms with Crippen LogP contribution < -0.4 is 15.4 Å². The van der Waals surface area contributed by atoms with Crippen molar-refractivity contribution in [2.24, 2.45) is 5.92 Å². The van der Waals surface area contributed by atoms with Crippen molar-refractivity contribution in [1.29, 1.82) is 0 Å². The van der Waals surface area contributed by atoms with E-state index in [-0.39, 0.29) is 23.4 Å². The Hall–Kier alpha value is -2.22. The highest BCUT2D eigenvalue weighted by atomic mass is 32.2. The molecule has 0 saturated carbocycles. The van der Waals surface area contributed by atoms with Gasteiger partial charge in [0.2, 0.25) is 10.0 Å². The van der Waals surface area contributed by atoms with Gasteiger partial charge in [0.25, 0.3) is 5.91 Å². The minimum Gasteiger partial charge on any atom is -0.332 e.